The van der Waals surface area contributed by atoms with Crippen molar-refractivity contribution in [1.29, 1.82) is 0 Å². The van der Waals surface area contributed by atoms with Crippen molar-refractivity contribution in [3.8, 4) is 0 Å². The number of amides is 1. The van der Waals surface area contributed by atoms with E-state index in [1.807, 2.05) is 29.2 Å². The highest BCUT2D eigenvalue weighted by Gasteiger charge is 2.44. The van der Waals surface area contributed by atoms with Gasteiger partial charge in [-0.25, -0.2) is 0 Å². The van der Waals surface area contributed by atoms with Crippen molar-refractivity contribution >= 4 is 5.91 Å². The van der Waals surface area contributed by atoms with Crippen LogP contribution in [0.3, 0.4) is 0 Å². The van der Waals surface area contributed by atoms with Crippen molar-refractivity contribution in [2.45, 2.75) is 50.0 Å². The maximum absolute atomic E-state index is 12.5. The van der Waals surface area contributed by atoms with E-state index in [1.165, 1.54) is 0 Å². The van der Waals surface area contributed by atoms with E-state index in [4.69, 9.17) is 4.74 Å². The minimum absolute atomic E-state index is 0.0775. The number of piperidine rings is 1. The van der Waals surface area contributed by atoms with E-state index in [9.17, 15) is 9.90 Å². The first-order valence-electron chi connectivity index (χ1n) is 9.30. The van der Waals surface area contributed by atoms with Crippen LogP contribution in [0.15, 0.2) is 48.8 Å². The van der Waals surface area contributed by atoms with Gasteiger partial charge in [-0.1, -0.05) is 30.3 Å². The van der Waals surface area contributed by atoms with E-state index in [2.05, 4.69) is 17.2 Å². The lowest BCUT2D eigenvalue weighted by Gasteiger charge is -2.48. The van der Waals surface area contributed by atoms with Crippen LogP contribution in [0.5, 0.6) is 0 Å². The standard InChI is InChI=1S/C20H25N3O3/c24-17-13-18(16-5-2-1-3-6-16)26-20(14-17)7-11-22(12-8-20)19(25)15-23-10-4-9-21-23/h1-6,9-10,17-18,24H,7-8,11-15H2/t17-,18-/m1/s1. The quantitative estimate of drug-likeness (QED) is 0.916. The first kappa shape index (κ1) is 17.2. The van der Waals surface area contributed by atoms with E-state index >= 15 is 0 Å². The molecule has 2 aliphatic rings. The van der Waals surface area contributed by atoms with Crippen LogP contribution in [0.4, 0.5) is 0 Å². The van der Waals surface area contributed by atoms with Crippen LogP contribution in [0.25, 0.3) is 0 Å². The van der Waals surface area contributed by atoms with Crippen LogP contribution in [-0.4, -0.2) is 50.5 Å². The molecule has 1 spiro atoms. The normalized spacial score (nSPS) is 25.3. The SMILES string of the molecule is O=C(Cn1cccn1)N1CCC2(CC1)C[C@H](O)C[C@H](c1ccccc1)O2. The molecule has 3 heterocycles. The number of likely N-dealkylation sites (tertiary alicyclic amines) is 1. The smallest absolute Gasteiger partial charge is 0.244 e. The second-order valence-corrected chi connectivity index (χ2v) is 7.38. The summed E-state index contributed by atoms with van der Waals surface area (Å²) < 4.78 is 8.14. The van der Waals surface area contributed by atoms with E-state index < -0.39 is 0 Å². The zero-order valence-corrected chi connectivity index (χ0v) is 14.8. The monoisotopic (exact) mass is 355 g/mol. The van der Waals surface area contributed by atoms with Gasteiger partial charge in [-0.15, -0.1) is 0 Å². The Labute approximate surface area is 153 Å². The summed E-state index contributed by atoms with van der Waals surface area (Å²) in [7, 11) is 0. The largest absolute Gasteiger partial charge is 0.393 e. The van der Waals surface area contributed by atoms with Gasteiger partial charge in [-0.2, -0.15) is 5.10 Å². The van der Waals surface area contributed by atoms with Gasteiger partial charge in [0.1, 0.15) is 6.54 Å². The van der Waals surface area contributed by atoms with Gasteiger partial charge in [-0.3, -0.25) is 9.48 Å². The Balaban J connectivity index is 1.40. The molecule has 2 atom stereocenters. The van der Waals surface area contributed by atoms with E-state index in [-0.39, 0.29) is 30.3 Å². The number of aliphatic hydroxyl groups is 1. The lowest BCUT2D eigenvalue weighted by atomic mass is 9.81. The molecule has 2 aromatic rings. The average molecular weight is 355 g/mol. The van der Waals surface area contributed by atoms with E-state index in [1.54, 1.807) is 17.1 Å². The fraction of sp³-hybridized carbons (Fsp3) is 0.500. The second kappa shape index (κ2) is 7.21. The van der Waals surface area contributed by atoms with Crippen LogP contribution >= 0.6 is 0 Å². The number of benzene rings is 1. The molecule has 0 bridgehead atoms. The van der Waals surface area contributed by atoms with Crippen LogP contribution in [0, 0.1) is 0 Å². The molecule has 26 heavy (non-hydrogen) atoms. The summed E-state index contributed by atoms with van der Waals surface area (Å²) >= 11 is 0. The summed E-state index contributed by atoms with van der Waals surface area (Å²) in [6.07, 6.45) is 5.85. The molecule has 0 aliphatic carbocycles. The Kier molecular flexibility index (Phi) is 4.78. The summed E-state index contributed by atoms with van der Waals surface area (Å²) in [6.45, 7) is 1.60. The van der Waals surface area contributed by atoms with Crippen molar-refractivity contribution < 1.29 is 14.6 Å². The fourth-order valence-electron chi connectivity index (χ4n) is 4.15. The number of aliphatic hydroxyl groups excluding tert-OH is 1. The van der Waals surface area contributed by atoms with Gasteiger partial charge in [0.05, 0.1) is 17.8 Å². The summed E-state index contributed by atoms with van der Waals surface area (Å²) in [5, 5.41) is 14.5. The number of rotatable bonds is 3. The maximum Gasteiger partial charge on any atom is 0.244 e. The van der Waals surface area contributed by atoms with Crippen molar-refractivity contribution in [2.75, 3.05) is 13.1 Å². The van der Waals surface area contributed by atoms with Crippen molar-refractivity contribution in [1.82, 2.24) is 14.7 Å². The molecular formula is C20H25N3O3. The Morgan fingerprint density at radius 1 is 1.23 bits per heavy atom. The van der Waals surface area contributed by atoms with E-state index in [0.717, 1.165) is 18.4 Å². The van der Waals surface area contributed by atoms with Crippen molar-refractivity contribution in [3.05, 3.63) is 54.4 Å². The number of aromatic nitrogens is 2. The number of carbonyl (C=O) groups excluding carboxylic acids is 1. The van der Waals surface area contributed by atoms with Crippen LogP contribution in [0.1, 0.15) is 37.4 Å². The Morgan fingerprint density at radius 2 is 2.00 bits per heavy atom. The molecule has 2 aliphatic heterocycles. The van der Waals surface area contributed by atoms with Gasteiger partial charge in [0.15, 0.2) is 0 Å². The summed E-state index contributed by atoms with van der Waals surface area (Å²) in [4.78, 5) is 14.3. The van der Waals surface area contributed by atoms with Gasteiger partial charge in [0.25, 0.3) is 0 Å². The first-order chi connectivity index (χ1) is 12.6. The van der Waals surface area contributed by atoms with E-state index in [0.29, 0.717) is 25.9 Å². The minimum atomic E-state index is -0.361. The number of ether oxygens (including phenoxy) is 1. The third kappa shape index (κ3) is 3.66. The minimum Gasteiger partial charge on any atom is -0.393 e. The van der Waals surface area contributed by atoms with Gasteiger partial charge in [0.2, 0.25) is 5.91 Å². The predicted molar refractivity (Wildman–Crippen MR) is 96.3 cm³/mol. The second-order valence-electron chi connectivity index (χ2n) is 7.38. The topological polar surface area (TPSA) is 67.6 Å². The highest BCUT2D eigenvalue weighted by Crippen LogP contribution is 2.42. The Bertz CT molecular complexity index is 724. The molecule has 138 valence electrons. The highest BCUT2D eigenvalue weighted by molar-refractivity contribution is 5.76. The van der Waals surface area contributed by atoms with Gasteiger partial charge < -0.3 is 14.7 Å². The molecule has 1 amide bonds. The molecule has 2 saturated heterocycles. The molecule has 1 N–H and O–H groups in total. The number of carbonyl (C=O) groups is 1. The number of hydrogen-bond donors (Lipinski definition) is 1. The Morgan fingerprint density at radius 3 is 2.69 bits per heavy atom. The number of hydrogen-bond acceptors (Lipinski definition) is 4. The molecule has 6 nitrogen and oxygen atoms in total. The molecule has 4 rings (SSSR count). The molecule has 2 fully saturated rings. The molecule has 6 heteroatoms. The predicted octanol–water partition coefficient (Wildman–Crippen LogP) is 2.16. The zero-order valence-electron chi connectivity index (χ0n) is 14.8. The molecule has 0 radical (unpaired) electrons. The third-order valence-electron chi connectivity index (χ3n) is 5.54. The van der Waals surface area contributed by atoms with Crippen molar-refractivity contribution in [3.63, 3.8) is 0 Å². The molecule has 0 unspecified atom stereocenters. The van der Waals surface area contributed by atoms with Crippen LogP contribution in [0.2, 0.25) is 0 Å². The summed E-state index contributed by atoms with van der Waals surface area (Å²) in [6, 6.07) is 11.9. The molecular weight excluding hydrogens is 330 g/mol. The van der Waals surface area contributed by atoms with Gasteiger partial charge >= 0.3 is 0 Å². The zero-order chi connectivity index (χ0) is 18.0. The van der Waals surface area contributed by atoms with Gasteiger partial charge in [-0.05, 0) is 24.5 Å². The van der Waals surface area contributed by atoms with Crippen molar-refractivity contribution in [2.24, 2.45) is 0 Å². The Hall–Kier alpha value is -2.18. The van der Waals surface area contributed by atoms with Crippen LogP contribution < -0.4 is 0 Å². The lowest BCUT2D eigenvalue weighted by molar-refractivity contribution is -0.186. The first-order valence-corrected chi connectivity index (χ1v) is 9.30. The average Bonchev–Trinajstić information content (AvgIpc) is 3.15. The number of nitrogens with zero attached hydrogens (tertiary/aromatic N) is 3. The summed E-state index contributed by atoms with van der Waals surface area (Å²) in [5.74, 6) is 0.0829. The van der Waals surface area contributed by atoms with Crippen LogP contribution in [-0.2, 0) is 16.1 Å². The highest BCUT2D eigenvalue weighted by atomic mass is 16.5. The summed E-state index contributed by atoms with van der Waals surface area (Å²) in [5.41, 5.74) is 0.781. The molecule has 0 saturated carbocycles. The third-order valence-corrected chi connectivity index (χ3v) is 5.54. The molecule has 1 aromatic carbocycles. The molecule has 1 aromatic heterocycles. The fourth-order valence-corrected chi connectivity index (χ4v) is 4.15. The van der Waals surface area contributed by atoms with Gasteiger partial charge in [0, 0.05) is 38.3 Å². The maximum atomic E-state index is 12.5. The lowest BCUT2D eigenvalue weighted by Crippen LogP contribution is -2.52.